The standard InChI is InChI=1S/C18H24FN5O2S/c1-22(2)18-20-12-15(13-7-9-14(19)10-8-13)17(21-18)16-6-5-11-24(16)27(25,26)23(3)4/h7-10,12,16H,5-6,11H2,1-4H3/t16-/m0/s1. The molecule has 1 fully saturated rings. The maximum absolute atomic E-state index is 13.4. The topological polar surface area (TPSA) is 69.6 Å². The molecular weight excluding hydrogens is 369 g/mol. The molecule has 9 heteroatoms. The van der Waals surface area contributed by atoms with Crippen molar-refractivity contribution in [2.24, 2.45) is 0 Å². The summed E-state index contributed by atoms with van der Waals surface area (Å²) in [4.78, 5) is 10.8. The third-order valence-corrected chi connectivity index (χ3v) is 6.59. The highest BCUT2D eigenvalue weighted by molar-refractivity contribution is 7.86. The number of anilines is 1. The summed E-state index contributed by atoms with van der Waals surface area (Å²) < 4.78 is 41.6. The summed E-state index contributed by atoms with van der Waals surface area (Å²) in [7, 11) is 3.14. The Morgan fingerprint density at radius 1 is 1.15 bits per heavy atom. The number of benzene rings is 1. The van der Waals surface area contributed by atoms with Gasteiger partial charge in [-0.1, -0.05) is 12.1 Å². The SMILES string of the molecule is CN(C)c1ncc(-c2ccc(F)cc2)c([C@@H]2CCCN2S(=O)(=O)N(C)C)n1. The van der Waals surface area contributed by atoms with E-state index < -0.39 is 10.2 Å². The molecule has 1 atom stereocenters. The van der Waals surface area contributed by atoms with Crippen LogP contribution in [0.4, 0.5) is 10.3 Å². The number of halogens is 1. The van der Waals surface area contributed by atoms with Crippen molar-refractivity contribution in [2.75, 3.05) is 39.6 Å². The molecular formula is C18H24FN5O2S. The summed E-state index contributed by atoms with van der Waals surface area (Å²) in [6.45, 7) is 0.440. The number of hydrogen-bond donors (Lipinski definition) is 0. The maximum Gasteiger partial charge on any atom is 0.282 e. The molecule has 7 nitrogen and oxygen atoms in total. The fourth-order valence-electron chi connectivity index (χ4n) is 3.21. The molecule has 1 aliphatic heterocycles. The molecule has 0 saturated carbocycles. The predicted octanol–water partition coefficient (Wildman–Crippen LogP) is 2.29. The number of aromatic nitrogens is 2. The molecule has 146 valence electrons. The summed E-state index contributed by atoms with van der Waals surface area (Å²) in [6.07, 6.45) is 3.11. The van der Waals surface area contributed by atoms with Gasteiger partial charge in [0.05, 0.1) is 11.7 Å². The Morgan fingerprint density at radius 3 is 2.41 bits per heavy atom. The van der Waals surface area contributed by atoms with Gasteiger partial charge in [-0.25, -0.2) is 14.4 Å². The molecule has 1 aromatic carbocycles. The fourth-order valence-corrected chi connectivity index (χ4v) is 4.51. The monoisotopic (exact) mass is 393 g/mol. The van der Waals surface area contributed by atoms with Crippen molar-refractivity contribution in [2.45, 2.75) is 18.9 Å². The second-order valence-corrected chi connectivity index (χ2v) is 9.02. The first-order valence-corrected chi connectivity index (χ1v) is 10.1. The zero-order valence-corrected chi connectivity index (χ0v) is 16.7. The average Bonchev–Trinajstić information content (AvgIpc) is 3.12. The lowest BCUT2D eigenvalue weighted by Crippen LogP contribution is -2.40. The van der Waals surface area contributed by atoms with Crippen LogP contribution in [0, 0.1) is 5.82 Å². The molecule has 2 heterocycles. The highest BCUT2D eigenvalue weighted by Crippen LogP contribution is 2.39. The van der Waals surface area contributed by atoms with Gasteiger partial charge in [0.15, 0.2) is 0 Å². The minimum atomic E-state index is -3.58. The lowest BCUT2D eigenvalue weighted by atomic mass is 10.0. The normalized spacial score (nSPS) is 18.2. The molecule has 1 aliphatic rings. The Morgan fingerprint density at radius 2 is 1.81 bits per heavy atom. The molecule has 0 radical (unpaired) electrons. The van der Waals surface area contributed by atoms with E-state index in [1.807, 2.05) is 14.1 Å². The fraction of sp³-hybridized carbons (Fsp3) is 0.444. The zero-order valence-electron chi connectivity index (χ0n) is 15.9. The first-order chi connectivity index (χ1) is 12.7. The van der Waals surface area contributed by atoms with Crippen molar-refractivity contribution >= 4 is 16.2 Å². The third-order valence-electron chi connectivity index (χ3n) is 4.64. The van der Waals surface area contributed by atoms with Gasteiger partial charge in [0, 0.05) is 46.5 Å². The van der Waals surface area contributed by atoms with Crippen LogP contribution in [0.5, 0.6) is 0 Å². The average molecular weight is 393 g/mol. The highest BCUT2D eigenvalue weighted by Gasteiger charge is 2.38. The Kier molecular flexibility index (Phi) is 5.45. The van der Waals surface area contributed by atoms with Crippen molar-refractivity contribution in [3.05, 3.63) is 42.0 Å². The van der Waals surface area contributed by atoms with E-state index >= 15 is 0 Å². The second kappa shape index (κ2) is 7.49. The van der Waals surface area contributed by atoms with Crippen LogP contribution in [0.1, 0.15) is 24.6 Å². The zero-order chi connectivity index (χ0) is 19.8. The van der Waals surface area contributed by atoms with Gasteiger partial charge in [-0.2, -0.15) is 17.0 Å². The van der Waals surface area contributed by atoms with E-state index in [1.165, 1.54) is 34.8 Å². The molecule has 3 rings (SSSR count). The molecule has 0 spiro atoms. The molecule has 27 heavy (non-hydrogen) atoms. The van der Waals surface area contributed by atoms with Gasteiger partial charge >= 0.3 is 0 Å². The molecule has 2 aromatic rings. The van der Waals surface area contributed by atoms with E-state index in [4.69, 9.17) is 0 Å². The van der Waals surface area contributed by atoms with Gasteiger partial charge in [0.1, 0.15) is 5.82 Å². The van der Waals surface area contributed by atoms with Crippen LogP contribution < -0.4 is 4.90 Å². The van der Waals surface area contributed by atoms with E-state index in [2.05, 4.69) is 9.97 Å². The summed E-state index contributed by atoms with van der Waals surface area (Å²) in [5.74, 6) is 0.175. The number of rotatable bonds is 5. The van der Waals surface area contributed by atoms with Crippen LogP contribution in [0.25, 0.3) is 11.1 Å². The largest absolute Gasteiger partial charge is 0.347 e. The van der Waals surface area contributed by atoms with E-state index in [-0.39, 0.29) is 11.9 Å². The van der Waals surface area contributed by atoms with Gasteiger partial charge in [0.25, 0.3) is 10.2 Å². The molecule has 0 bridgehead atoms. The smallest absolute Gasteiger partial charge is 0.282 e. The lowest BCUT2D eigenvalue weighted by Gasteiger charge is -2.28. The second-order valence-electron chi connectivity index (χ2n) is 6.93. The third kappa shape index (κ3) is 3.80. The Bertz CT molecular complexity index is 916. The maximum atomic E-state index is 13.4. The van der Waals surface area contributed by atoms with Gasteiger partial charge in [-0.15, -0.1) is 0 Å². The number of nitrogens with zero attached hydrogens (tertiary/aromatic N) is 5. The minimum Gasteiger partial charge on any atom is -0.347 e. The molecule has 1 saturated heterocycles. The van der Waals surface area contributed by atoms with Crippen LogP contribution in [0.15, 0.2) is 30.5 Å². The van der Waals surface area contributed by atoms with Gasteiger partial charge in [0.2, 0.25) is 5.95 Å². The number of hydrogen-bond acceptors (Lipinski definition) is 5. The van der Waals surface area contributed by atoms with Crippen molar-refractivity contribution in [3.63, 3.8) is 0 Å². The van der Waals surface area contributed by atoms with Crippen LogP contribution in [-0.4, -0.2) is 61.7 Å². The van der Waals surface area contributed by atoms with Gasteiger partial charge < -0.3 is 4.90 Å². The molecule has 0 N–H and O–H groups in total. The van der Waals surface area contributed by atoms with Crippen molar-refractivity contribution in [1.29, 1.82) is 0 Å². The molecule has 0 unspecified atom stereocenters. The Labute approximate surface area is 159 Å². The van der Waals surface area contributed by atoms with Crippen molar-refractivity contribution in [1.82, 2.24) is 18.6 Å². The summed E-state index contributed by atoms with van der Waals surface area (Å²) in [6, 6.07) is 5.68. The Balaban J connectivity index is 2.14. The lowest BCUT2D eigenvalue weighted by molar-refractivity contribution is 0.358. The summed E-state index contributed by atoms with van der Waals surface area (Å²) >= 11 is 0. The van der Waals surface area contributed by atoms with Crippen molar-refractivity contribution < 1.29 is 12.8 Å². The first kappa shape index (κ1) is 19.7. The Hall–Kier alpha value is -2.10. The minimum absolute atomic E-state index is 0.330. The molecule has 0 aliphatic carbocycles. The molecule has 1 aromatic heterocycles. The first-order valence-electron chi connectivity index (χ1n) is 8.71. The van der Waals surface area contributed by atoms with Crippen molar-refractivity contribution in [3.8, 4) is 11.1 Å². The summed E-state index contributed by atoms with van der Waals surface area (Å²) in [5.41, 5.74) is 2.11. The van der Waals surface area contributed by atoms with Crippen LogP contribution >= 0.6 is 0 Å². The van der Waals surface area contributed by atoms with Crippen LogP contribution in [0.2, 0.25) is 0 Å². The van der Waals surface area contributed by atoms with E-state index in [1.54, 1.807) is 23.2 Å². The highest BCUT2D eigenvalue weighted by atomic mass is 32.2. The quantitative estimate of drug-likeness (QED) is 0.780. The van der Waals surface area contributed by atoms with Gasteiger partial charge in [-0.3, -0.25) is 0 Å². The molecule has 0 amide bonds. The van der Waals surface area contributed by atoms with E-state index in [0.717, 1.165) is 12.0 Å². The van der Waals surface area contributed by atoms with E-state index in [9.17, 15) is 12.8 Å². The van der Waals surface area contributed by atoms with Crippen LogP contribution in [0.3, 0.4) is 0 Å². The predicted molar refractivity (Wildman–Crippen MR) is 103 cm³/mol. The van der Waals surface area contributed by atoms with E-state index in [0.29, 0.717) is 30.2 Å². The van der Waals surface area contributed by atoms with Gasteiger partial charge in [-0.05, 0) is 30.5 Å². The summed E-state index contributed by atoms with van der Waals surface area (Å²) in [5, 5.41) is 0. The van der Waals surface area contributed by atoms with Crippen LogP contribution in [-0.2, 0) is 10.2 Å².